The molecule has 0 fully saturated rings. The van der Waals surface area contributed by atoms with Crippen LogP contribution in [-0.4, -0.2) is 35.6 Å². The fraction of sp³-hybridized carbons (Fsp3) is 0.250. The highest BCUT2D eigenvalue weighted by Gasteiger charge is 2.28. The van der Waals surface area contributed by atoms with E-state index in [1.807, 2.05) is 12.1 Å². The number of rotatable bonds is 5. The van der Waals surface area contributed by atoms with E-state index in [1.165, 1.54) is 25.4 Å². The molecule has 0 bridgehead atoms. The fourth-order valence-electron chi connectivity index (χ4n) is 1.81. The number of aromatic nitrogens is 1. The summed E-state index contributed by atoms with van der Waals surface area (Å²) in [7, 11) is 1.32. The highest BCUT2D eigenvalue weighted by atomic mass is 79.9. The lowest BCUT2D eigenvalue weighted by molar-refractivity contribution is -0.136. The number of benzene rings is 1. The first-order chi connectivity index (χ1) is 11.2. The molecule has 2 aromatic rings. The predicted molar refractivity (Wildman–Crippen MR) is 86.1 cm³/mol. The van der Waals surface area contributed by atoms with Crippen LogP contribution in [0.1, 0.15) is 16.8 Å². The van der Waals surface area contributed by atoms with Crippen LogP contribution >= 0.6 is 15.9 Å². The molecule has 0 radical (unpaired) electrons. The molecule has 1 heterocycles. The molecule has 0 atom stereocenters. The van der Waals surface area contributed by atoms with Gasteiger partial charge in [0.1, 0.15) is 5.75 Å². The summed E-state index contributed by atoms with van der Waals surface area (Å²) in [5, 5.41) is 0. The topological polar surface area (TPSA) is 42.4 Å². The standard InChI is InChI=1S/C16H14BrF3N2O2/c1-22(9-8-16(18,19)20)15(23)11-2-7-14(21-10-11)24-13-5-3-12(17)4-6-13/h2-7,10H,8-9H2,1H3. The van der Waals surface area contributed by atoms with E-state index in [2.05, 4.69) is 20.9 Å². The van der Waals surface area contributed by atoms with E-state index >= 15 is 0 Å². The Kier molecular flexibility index (Phi) is 5.82. The molecular formula is C16H14BrF3N2O2. The Morgan fingerprint density at radius 2 is 1.88 bits per heavy atom. The number of nitrogens with zero attached hydrogens (tertiary/aromatic N) is 2. The number of ether oxygens (including phenoxy) is 1. The molecule has 2 rings (SSSR count). The van der Waals surface area contributed by atoms with Crippen LogP contribution < -0.4 is 4.74 Å². The molecule has 0 unspecified atom stereocenters. The number of hydrogen-bond donors (Lipinski definition) is 0. The highest BCUT2D eigenvalue weighted by Crippen LogP contribution is 2.22. The van der Waals surface area contributed by atoms with Crippen LogP contribution in [0.2, 0.25) is 0 Å². The Bertz CT molecular complexity index is 688. The van der Waals surface area contributed by atoms with E-state index in [4.69, 9.17) is 4.74 Å². The van der Waals surface area contributed by atoms with Crippen LogP contribution in [0.5, 0.6) is 11.6 Å². The molecular weight excluding hydrogens is 389 g/mol. The lowest BCUT2D eigenvalue weighted by Crippen LogP contribution is -2.30. The van der Waals surface area contributed by atoms with Gasteiger partial charge >= 0.3 is 6.18 Å². The van der Waals surface area contributed by atoms with Gasteiger partial charge in [-0.1, -0.05) is 15.9 Å². The lowest BCUT2D eigenvalue weighted by Gasteiger charge is -2.18. The largest absolute Gasteiger partial charge is 0.439 e. The molecule has 4 nitrogen and oxygen atoms in total. The van der Waals surface area contributed by atoms with Gasteiger partial charge in [-0.3, -0.25) is 4.79 Å². The zero-order chi connectivity index (χ0) is 17.7. The van der Waals surface area contributed by atoms with Gasteiger partial charge in [0.2, 0.25) is 5.88 Å². The van der Waals surface area contributed by atoms with Crippen molar-refractivity contribution in [2.45, 2.75) is 12.6 Å². The number of alkyl halides is 3. The Hall–Kier alpha value is -2.09. The minimum atomic E-state index is -4.30. The molecule has 8 heteroatoms. The molecule has 1 aromatic carbocycles. The van der Waals surface area contributed by atoms with Crippen LogP contribution in [0.4, 0.5) is 13.2 Å². The molecule has 0 aliphatic heterocycles. The molecule has 128 valence electrons. The fourth-order valence-corrected chi connectivity index (χ4v) is 2.07. The van der Waals surface area contributed by atoms with Crippen molar-refractivity contribution in [3.63, 3.8) is 0 Å². The molecule has 0 saturated carbocycles. The van der Waals surface area contributed by atoms with Crippen molar-refractivity contribution in [3.8, 4) is 11.6 Å². The summed E-state index contributed by atoms with van der Waals surface area (Å²) in [5.74, 6) is 0.334. The SMILES string of the molecule is CN(CCC(F)(F)F)C(=O)c1ccc(Oc2ccc(Br)cc2)nc1. The Labute approximate surface area is 145 Å². The third-order valence-electron chi connectivity index (χ3n) is 3.10. The Morgan fingerprint density at radius 3 is 2.42 bits per heavy atom. The number of amides is 1. The minimum absolute atomic E-state index is 0.197. The van der Waals surface area contributed by atoms with E-state index in [9.17, 15) is 18.0 Å². The second kappa shape index (κ2) is 7.65. The number of halogens is 4. The van der Waals surface area contributed by atoms with Crippen molar-refractivity contribution in [2.24, 2.45) is 0 Å². The van der Waals surface area contributed by atoms with Gasteiger partial charge in [0, 0.05) is 30.3 Å². The van der Waals surface area contributed by atoms with E-state index in [-0.39, 0.29) is 11.4 Å². The number of carbonyl (C=O) groups is 1. The summed E-state index contributed by atoms with van der Waals surface area (Å²) < 4.78 is 43.0. The summed E-state index contributed by atoms with van der Waals surface area (Å²) in [5.41, 5.74) is 0.197. The van der Waals surface area contributed by atoms with Crippen molar-refractivity contribution in [3.05, 3.63) is 52.6 Å². The quantitative estimate of drug-likeness (QED) is 0.730. The zero-order valence-electron chi connectivity index (χ0n) is 12.7. The third kappa shape index (κ3) is 5.52. The first-order valence-corrected chi connectivity index (χ1v) is 7.75. The average molecular weight is 403 g/mol. The van der Waals surface area contributed by atoms with E-state index < -0.39 is 25.0 Å². The molecule has 0 spiro atoms. The summed E-state index contributed by atoms with van der Waals surface area (Å²) in [4.78, 5) is 17.1. The second-order valence-corrected chi connectivity index (χ2v) is 5.95. The molecule has 0 saturated heterocycles. The van der Waals surface area contributed by atoms with Crippen molar-refractivity contribution in [1.29, 1.82) is 0 Å². The monoisotopic (exact) mass is 402 g/mol. The van der Waals surface area contributed by atoms with E-state index in [0.717, 1.165) is 9.37 Å². The summed E-state index contributed by atoms with van der Waals surface area (Å²) in [6.07, 6.45) is -4.07. The number of hydrogen-bond acceptors (Lipinski definition) is 3. The van der Waals surface area contributed by atoms with Crippen LogP contribution in [0, 0.1) is 0 Å². The number of pyridine rings is 1. The van der Waals surface area contributed by atoms with Gasteiger partial charge in [-0.2, -0.15) is 13.2 Å². The van der Waals surface area contributed by atoms with Gasteiger partial charge in [0.05, 0.1) is 12.0 Å². The van der Waals surface area contributed by atoms with Gasteiger partial charge in [-0.15, -0.1) is 0 Å². The van der Waals surface area contributed by atoms with Crippen molar-refractivity contribution >= 4 is 21.8 Å². The first kappa shape index (κ1) is 18.3. The van der Waals surface area contributed by atoms with Crippen LogP contribution in [0.3, 0.4) is 0 Å². The zero-order valence-corrected chi connectivity index (χ0v) is 14.3. The maximum atomic E-state index is 12.2. The smallest absolute Gasteiger partial charge is 0.390 e. The Morgan fingerprint density at radius 1 is 1.21 bits per heavy atom. The van der Waals surface area contributed by atoms with Crippen molar-refractivity contribution in [1.82, 2.24) is 9.88 Å². The van der Waals surface area contributed by atoms with Gasteiger partial charge in [-0.25, -0.2) is 4.98 Å². The molecule has 0 aliphatic carbocycles. The van der Waals surface area contributed by atoms with Crippen LogP contribution in [-0.2, 0) is 0 Å². The lowest BCUT2D eigenvalue weighted by atomic mass is 10.2. The molecule has 0 aliphatic rings. The van der Waals surface area contributed by atoms with Gasteiger partial charge < -0.3 is 9.64 Å². The second-order valence-electron chi connectivity index (χ2n) is 5.03. The van der Waals surface area contributed by atoms with Crippen LogP contribution in [0.15, 0.2) is 47.1 Å². The summed E-state index contributed by atoms with van der Waals surface area (Å²) in [6.45, 7) is -0.403. The van der Waals surface area contributed by atoms with Gasteiger partial charge in [-0.05, 0) is 30.3 Å². The average Bonchev–Trinajstić information content (AvgIpc) is 2.54. The molecule has 1 amide bonds. The minimum Gasteiger partial charge on any atom is -0.439 e. The Balaban J connectivity index is 1.97. The number of carbonyl (C=O) groups excluding carboxylic acids is 1. The van der Waals surface area contributed by atoms with E-state index in [1.54, 1.807) is 12.1 Å². The first-order valence-electron chi connectivity index (χ1n) is 6.96. The van der Waals surface area contributed by atoms with Gasteiger partial charge in [0.15, 0.2) is 0 Å². The van der Waals surface area contributed by atoms with Gasteiger partial charge in [0.25, 0.3) is 5.91 Å². The molecule has 24 heavy (non-hydrogen) atoms. The predicted octanol–water partition coefficient (Wildman–Crippen LogP) is 4.66. The maximum Gasteiger partial charge on any atom is 0.390 e. The third-order valence-corrected chi connectivity index (χ3v) is 3.63. The van der Waals surface area contributed by atoms with Crippen LogP contribution in [0.25, 0.3) is 0 Å². The summed E-state index contributed by atoms with van der Waals surface area (Å²) in [6, 6.07) is 10.1. The van der Waals surface area contributed by atoms with E-state index in [0.29, 0.717) is 5.75 Å². The summed E-state index contributed by atoms with van der Waals surface area (Å²) >= 11 is 3.31. The van der Waals surface area contributed by atoms with Crippen molar-refractivity contribution < 1.29 is 22.7 Å². The molecule has 0 N–H and O–H groups in total. The normalized spacial score (nSPS) is 11.2. The maximum absolute atomic E-state index is 12.2. The van der Waals surface area contributed by atoms with Crippen molar-refractivity contribution in [2.75, 3.05) is 13.6 Å². The highest BCUT2D eigenvalue weighted by molar-refractivity contribution is 9.10. The molecule has 1 aromatic heterocycles.